The van der Waals surface area contributed by atoms with E-state index in [4.69, 9.17) is 9.47 Å². The second kappa shape index (κ2) is 8.97. The van der Waals surface area contributed by atoms with Crippen LogP contribution in [0.4, 0.5) is 4.39 Å². The average Bonchev–Trinajstić information content (AvgIpc) is 2.73. The number of ether oxygens (including phenoxy) is 2. The normalized spacial score (nSPS) is 18.9. The first-order valence-electron chi connectivity index (χ1n) is 9.70. The van der Waals surface area contributed by atoms with E-state index in [1.165, 1.54) is 17.7 Å². The Morgan fingerprint density at radius 1 is 0.966 bits per heavy atom. The Kier molecular flexibility index (Phi) is 6.16. The fourth-order valence-corrected chi connectivity index (χ4v) is 3.79. The molecule has 0 bridgehead atoms. The van der Waals surface area contributed by atoms with Gasteiger partial charge in [-0.05, 0) is 48.4 Å². The maximum absolute atomic E-state index is 13.4. The minimum Gasteiger partial charge on any atom is -0.485 e. The summed E-state index contributed by atoms with van der Waals surface area (Å²) in [5, 5.41) is 0. The van der Waals surface area contributed by atoms with E-state index >= 15 is 0 Å². The molecule has 2 atom stereocenters. The van der Waals surface area contributed by atoms with Crippen molar-refractivity contribution in [3.05, 3.63) is 94.2 Å². The first kappa shape index (κ1) is 19.9. The molecule has 0 saturated carbocycles. The number of rotatable bonds is 7. The number of likely N-dealkylation sites (tertiary alicyclic amines) is 1. The molecule has 3 aromatic carbocycles. The van der Waals surface area contributed by atoms with Gasteiger partial charge in [0, 0.05) is 23.6 Å². The van der Waals surface area contributed by atoms with Crippen molar-refractivity contribution in [2.75, 3.05) is 6.54 Å². The summed E-state index contributed by atoms with van der Waals surface area (Å²) in [5.74, 6) is 1.10. The lowest BCUT2D eigenvalue weighted by Crippen LogP contribution is -2.60. The summed E-state index contributed by atoms with van der Waals surface area (Å²) >= 11 is 3.51. The van der Waals surface area contributed by atoms with Crippen molar-refractivity contribution in [3.63, 3.8) is 0 Å². The van der Waals surface area contributed by atoms with Crippen LogP contribution in [0.1, 0.15) is 18.1 Å². The zero-order valence-electron chi connectivity index (χ0n) is 16.2. The van der Waals surface area contributed by atoms with Gasteiger partial charge in [-0.3, -0.25) is 4.90 Å². The molecule has 29 heavy (non-hydrogen) atoms. The molecule has 1 aliphatic heterocycles. The van der Waals surface area contributed by atoms with Crippen molar-refractivity contribution >= 4 is 15.9 Å². The quantitative estimate of drug-likeness (QED) is 0.447. The van der Waals surface area contributed by atoms with Gasteiger partial charge in [0.05, 0.1) is 0 Å². The summed E-state index contributed by atoms with van der Waals surface area (Å²) in [4.78, 5) is 2.39. The minimum atomic E-state index is -0.264. The summed E-state index contributed by atoms with van der Waals surface area (Å²) in [6.45, 7) is 4.26. The van der Waals surface area contributed by atoms with Crippen LogP contribution < -0.4 is 9.47 Å². The standard InChI is InChI=1S/C24H23BrFNO2/c1-17-24(15-27(17)14-18-6-3-2-4-7-18)29-23-13-20(25)10-11-22(23)28-16-19-8-5-9-21(26)12-19/h2-13,17,24H,14-16H2,1H3. The van der Waals surface area contributed by atoms with Crippen LogP contribution in [0.15, 0.2) is 77.3 Å². The Morgan fingerprint density at radius 2 is 1.76 bits per heavy atom. The third-order valence-electron chi connectivity index (χ3n) is 5.22. The highest BCUT2D eigenvalue weighted by Crippen LogP contribution is 2.35. The van der Waals surface area contributed by atoms with Crippen LogP contribution >= 0.6 is 15.9 Å². The van der Waals surface area contributed by atoms with E-state index in [2.05, 4.69) is 52.0 Å². The summed E-state index contributed by atoms with van der Waals surface area (Å²) < 4.78 is 26.5. The zero-order chi connectivity index (χ0) is 20.2. The zero-order valence-corrected chi connectivity index (χ0v) is 17.8. The van der Waals surface area contributed by atoms with Gasteiger partial charge in [0.15, 0.2) is 11.5 Å². The first-order valence-corrected chi connectivity index (χ1v) is 10.5. The number of halogens is 2. The molecular weight excluding hydrogens is 433 g/mol. The van der Waals surface area contributed by atoms with Gasteiger partial charge in [0.1, 0.15) is 18.5 Å². The fourth-order valence-electron chi connectivity index (χ4n) is 3.45. The second-order valence-corrected chi connectivity index (χ2v) is 8.24. The Labute approximate surface area is 179 Å². The molecule has 3 aromatic rings. The number of nitrogens with zero attached hydrogens (tertiary/aromatic N) is 1. The van der Waals surface area contributed by atoms with Crippen molar-refractivity contribution in [2.24, 2.45) is 0 Å². The van der Waals surface area contributed by atoms with Crippen molar-refractivity contribution < 1.29 is 13.9 Å². The Bertz CT molecular complexity index is 966. The van der Waals surface area contributed by atoms with E-state index in [1.807, 2.05) is 30.3 Å². The number of hydrogen-bond acceptors (Lipinski definition) is 3. The molecular formula is C24H23BrFNO2. The lowest BCUT2D eigenvalue weighted by atomic mass is 9.99. The lowest BCUT2D eigenvalue weighted by Gasteiger charge is -2.46. The monoisotopic (exact) mass is 455 g/mol. The summed E-state index contributed by atoms with van der Waals surface area (Å²) in [5.41, 5.74) is 2.09. The highest BCUT2D eigenvalue weighted by Gasteiger charge is 2.37. The highest BCUT2D eigenvalue weighted by molar-refractivity contribution is 9.10. The Balaban J connectivity index is 1.39. The van der Waals surface area contributed by atoms with Crippen molar-refractivity contribution in [2.45, 2.75) is 32.2 Å². The van der Waals surface area contributed by atoms with Gasteiger partial charge >= 0.3 is 0 Å². The first-order chi connectivity index (χ1) is 14.1. The molecule has 0 N–H and O–H groups in total. The molecule has 1 fully saturated rings. The van der Waals surface area contributed by atoms with Crippen LogP contribution in [0.2, 0.25) is 0 Å². The van der Waals surface area contributed by atoms with Gasteiger partial charge in [-0.1, -0.05) is 58.4 Å². The van der Waals surface area contributed by atoms with Gasteiger partial charge in [0.2, 0.25) is 0 Å². The molecule has 0 aliphatic carbocycles. The Hall–Kier alpha value is -2.37. The summed E-state index contributed by atoms with van der Waals surface area (Å²) in [7, 11) is 0. The van der Waals surface area contributed by atoms with E-state index in [0.717, 1.165) is 23.1 Å². The SMILES string of the molecule is CC1C(Oc2cc(Br)ccc2OCc2cccc(F)c2)CN1Cc1ccccc1. The Morgan fingerprint density at radius 3 is 2.52 bits per heavy atom. The molecule has 1 saturated heterocycles. The molecule has 1 aliphatic rings. The molecule has 0 amide bonds. The van der Waals surface area contributed by atoms with Crippen molar-refractivity contribution in [1.82, 2.24) is 4.90 Å². The van der Waals surface area contributed by atoms with Crippen LogP contribution in [0, 0.1) is 5.82 Å². The topological polar surface area (TPSA) is 21.7 Å². The number of benzene rings is 3. The minimum absolute atomic E-state index is 0.101. The van der Waals surface area contributed by atoms with Crippen LogP contribution in [0.25, 0.3) is 0 Å². The third-order valence-corrected chi connectivity index (χ3v) is 5.72. The van der Waals surface area contributed by atoms with Gasteiger partial charge in [0.25, 0.3) is 0 Å². The smallest absolute Gasteiger partial charge is 0.162 e. The predicted octanol–water partition coefficient (Wildman–Crippen LogP) is 5.82. The molecule has 0 aromatic heterocycles. The maximum atomic E-state index is 13.4. The molecule has 4 rings (SSSR count). The predicted molar refractivity (Wildman–Crippen MR) is 116 cm³/mol. The van der Waals surface area contributed by atoms with Crippen LogP contribution in [0.3, 0.4) is 0 Å². The summed E-state index contributed by atoms with van der Waals surface area (Å²) in [6.07, 6.45) is 0.101. The highest BCUT2D eigenvalue weighted by atomic mass is 79.9. The van der Waals surface area contributed by atoms with Gasteiger partial charge in [-0.25, -0.2) is 4.39 Å². The maximum Gasteiger partial charge on any atom is 0.162 e. The average molecular weight is 456 g/mol. The largest absolute Gasteiger partial charge is 0.485 e. The molecule has 5 heteroatoms. The molecule has 2 unspecified atom stereocenters. The molecule has 0 radical (unpaired) electrons. The van der Waals surface area contributed by atoms with E-state index in [-0.39, 0.29) is 18.5 Å². The summed E-state index contributed by atoms with van der Waals surface area (Å²) in [6, 6.07) is 22.9. The molecule has 0 spiro atoms. The molecule has 1 heterocycles. The van der Waals surface area contributed by atoms with Crippen molar-refractivity contribution in [3.8, 4) is 11.5 Å². The van der Waals surface area contributed by atoms with Crippen LogP contribution in [-0.4, -0.2) is 23.6 Å². The van der Waals surface area contributed by atoms with E-state index in [0.29, 0.717) is 17.5 Å². The van der Waals surface area contributed by atoms with Gasteiger partial charge in [-0.2, -0.15) is 0 Å². The van der Waals surface area contributed by atoms with Crippen LogP contribution in [-0.2, 0) is 13.2 Å². The van der Waals surface area contributed by atoms with Crippen molar-refractivity contribution in [1.29, 1.82) is 0 Å². The van der Waals surface area contributed by atoms with E-state index < -0.39 is 0 Å². The van der Waals surface area contributed by atoms with Crippen LogP contribution in [0.5, 0.6) is 11.5 Å². The lowest BCUT2D eigenvalue weighted by molar-refractivity contribution is -0.0425. The number of hydrogen-bond donors (Lipinski definition) is 0. The van der Waals surface area contributed by atoms with Gasteiger partial charge in [-0.15, -0.1) is 0 Å². The third kappa shape index (κ3) is 4.98. The van der Waals surface area contributed by atoms with E-state index in [1.54, 1.807) is 6.07 Å². The second-order valence-electron chi connectivity index (χ2n) is 7.32. The van der Waals surface area contributed by atoms with Gasteiger partial charge < -0.3 is 9.47 Å². The fraction of sp³-hybridized carbons (Fsp3) is 0.250. The molecule has 150 valence electrons. The van der Waals surface area contributed by atoms with E-state index in [9.17, 15) is 4.39 Å². The molecule has 3 nitrogen and oxygen atoms in total.